The van der Waals surface area contributed by atoms with Gasteiger partial charge in [0, 0.05) is 36.8 Å². The first-order chi connectivity index (χ1) is 16.6. The first-order valence-electron chi connectivity index (χ1n) is 11.3. The van der Waals surface area contributed by atoms with Crippen LogP contribution in [0.1, 0.15) is 36.9 Å². The van der Waals surface area contributed by atoms with Crippen LogP contribution in [-0.2, 0) is 17.9 Å². The number of aromatic nitrogens is 4. The standard InChI is InChI=1S/C23H26FN7O2S/c1-33-20-7-6-18-21(31-20)16(17(24)11-27-18)10-26-14-4-2-13(3-5-14)25-8-15-9-28-23-22(29-15)30-19(32)12-34-23/h6-7,9,11,13-14,25-26H,2-5,8,10,12H2,1H3,(H,29,30,32). The number of carbonyl (C=O) groups excluding carboxylic acids is 1. The molecule has 5 rings (SSSR count). The second-order valence-corrected chi connectivity index (χ2v) is 9.43. The van der Waals surface area contributed by atoms with Crippen LogP contribution in [0.4, 0.5) is 10.2 Å². The minimum Gasteiger partial charge on any atom is -0.481 e. The Morgan fingerprint density at radius 2 is 1.85 bits per heavy atom. The van der Waals surface area contributed by atoms with Crippen LogP contribution in [0.5, 0.6) is 5.88 Å². The van der Waals surface area contributed by atoms with Crippen molar-refractivity contribution in [2.24, 2.45) is 0 Å². The predicted molar refractivity (Wildman–Crippen MR) is 127 cm³/mol. The van der Waals surface area contributed by atoms with Crippen molar-refractivity contribution in [1.82, 2.24) is 30.6 Å². The van der Waals surface area contributed by atoms with Crippen LogP contribution in [0.25, 0.3) is 11.0 Å². The number of amides is 1. The fraction of sp³-hybridized carbons (Fsp3) is 0.435. The highest BCUT2D eigenvalue weighted by Gasteiger charge is 2.23. The molecule has 3 N–H and O–H groups in total. The highest BCUT2D eigenvalue weighted by atomic mass is 32.2. The average molecular weight is 484 g/mol. The zero-order chi connectivity index (χ0) is 23.5. The van der Waals surface area contributed by atoms with Crippen LogP contribution < -0.4 is 20.7 Å². The van der Waals surface area contributed by atoms with Crippen LogP contribution in [0.2, 0.25) is 0 Å². The molecule has 0 unspecified atom stereocenters. The molecule has 0 atom stereocenters. The SMILES string of the molecule is COc1ccc2ncc(F)c(CNC3CCC(NCc4cnc5c(n4)NC(=O)CS5)CC3)c2n1. The molecule has 178 valence electrons. The largest absolute Gasteiger partial charge is 0.481 e. The van der Waals surface area contributed by atoms with Crippen molar-refractivity contribution in [2.75, 3.05) is 18.2 Å². The van der Waals surface area contributed by atoms with E-state index < -0.39 is 0 Å². The number of nitrogens with zero attached hydrogens (tertiary/aromatic N) is 4. The number of thioether (sulfide) groups is 1. The number of fused-ring (bicyclic) bond motifs is 2. The molecular weight excluding hydrogens is 457 g/mol. The van der Waals surface area contributed by atoms with E-state index >= 15 is 0 Å². The quantitative estimate of drug-likeness (QED) is 0.467. The van der Waals surface area contributed by atoms with Crippen LogP contribution in [-0.4, -0.2) is 50.8 Å². The van der Waals surface area contributed by atoms with E-state index in [0.717, 1.165) is 36.4 Å². The van der Waals surface area contributed by atoms with E-state index in [-0.39, 0.29) is 11.7 Å². The van der Waals surface area contributed by atoms with Gasteiger partial charge < -0.3 is 20.7 Å². The van der Waals surface area contributed by atoms with E-state index in [1.807, 2.05) is 0 Å². The Bertz CT molecular complexity index is 1200. The fourth-order valence-electron chi connectivity index (χ4n) is 4.35. The highest BCUT2D eigenvalue weighted by Crippen LogP contribution is 2.27. The fourth-order valence-corrected chi connectivity index (χ4v) is 5.05. The van der Waals surface area contributed by atoms with Crippen LogP contribution in [0, 0.1) is 5.82 Å². The van der Waals surface area contributed by atoms with E-state index in [4.69, 9.17) is 4.74 Å². The van der Waals surface area contributed by atoms with Crippen molar-refractivity contribution < 1.29 is 13.9 Å². The molecule has 0 aromatic carbocycles. The summed E-state index contributed by atoms with van der Waals surface area (Å²) in [6.45, 7) is 0.994. The molecule has 0 saturated heterocycles. The Balaban J connectivity index is 1.13. The predicted octanol–water partition coefficient (Wildman–Crippen LogP) is 2.80. The molecule has 1 fully saturated rings. The zero-order valence-electron chi connectivity index (χ0n) is 18.8. The van der Waals surface area contributed by atoms with E-state index in [9.17, 15) is 9.18 Å². The molecule has 1 saturated carbocycles. The average Bonchev–Trinajstić information content (AvgIpc) is 2.87. The van der Waals surface area contributed by atoms with E-state index in [1.54, 1.807) is 25.4 Å². The Morgan fingerprint density at radius 3 is 2.62 bits per heavy atom. The topological polar surface area (TPSA) is 114 Å². The van der Waals surface area contributed by atoms with E-state index in [0.29, 0.717) is 59.2 Å². The lowest BCUT2D eigenvalue weighted by atomic mass is 9.91. The van der Waals surface area contributed by atoms with Gasteiger partial charge >= 0.3 is 0 Å². The Morgan fingerprint density at radius 1 is 1.09 bits per heavy atom. The second-order valence-electron chi connectivity index (χ2n) is 8.47. The molecular formula is C23H26FN7O2S. The summed E-state index contributed by atoms with van der Waals surface area (Å²) < 4.78 is 19.7. The number of anilines is 1. The summed E-state index contributed by atoms with van der Waals surface area (Å²) in [4.78, 5) is 29.0. The van der Waals surface area contributed by atoms with Gasteiger partial charge in [-0.25, -0.2) is 19.3 Å². The third-order valence-corrected chi connectivity index (χ3v) is 7.18. The molecule has 9 nitrogen and oxygen atoms in total. The van der Waals surface area contributed by atoms with Crippen LogP contribution >= 0.6 is 11.8 Å². The van der Waals surface area contributed by atoms with Gasteiger partial charge in [0.2, 0.25) is 11.8 Å². The maximum atomic E-state index is 14.5. The number of nitrogens with one attached hydrogen (secondary N) is 3. The molecule has 1 amide bonds. The summed E-state index contributed by atoms with van der Waals surface area (Å²) >= 11 is 1.41. The summed E-state index contributed by atoms with van der Waals surface area (Å²) in [7, 11) is 1.54. The van der Waals surface area contributed by atoms with Crippen molar-refractivity contribution in [2.45, 2.75) is 55.9 Å². The molecule has 0 bridgehead atoms. The molecule has 3 aromatic heterocycles. The number of halogens is 1. The number of hydrogen-bond acceptors (Lipinski definition) is 9. The van der Waals surface area contributed by atoms with Gasteiger partial charge in [0.15, 0.2) is 5.82 Å². The lowest BCUT2D eigenvalue weighted by Gasteiger charge is -2.30. The van der Waals surface area contributed by atoms with Gasteiger partial charge in [-0.15, -0.1) is 0 Å². The number of carbonyl (C=O) groups is 1. The third-order valence-electron chi connectivity index (χ3n) is 6.20. The lowest BCUT2D eigenvalue weighted by molar-refractivity contribution is -0.113. The smallest absolute Gasteiger partial charge is 0.236 e. The summed E-state index contributed by atoms with van der Waals surface area (Å²) in [6.07, 6.45) is 7.01. The van der Waals surface area contributed by atoms with Gasteiger partial charge in [0.1, 0.15) is 16.4 Å². The number of ether oxygens (including phenoxy) is 1. The maximum absolute atomic E-state index is 14.5. The molecule has 1 aliphatic carbocycles. The minimum atomic E-state index is -0.364. The molecule has 2 aliphatic rings. The lowest BCUT2D eigenvalue weighted by Crippen LogP contribution is -2.39. The summed E-state index contributed by atoms with van der Waals surface area (Å²) in [6, 6.07) is 4.20. The highest BCUT2D eigenvalue weighted by molar-refractivity contribution is 8.00. The van der Waals surface area contributed by atoms with Gasteiger partial charge in [0.25, 0.3) is 0 Å². The number of pyridine rings is 2. The zero-order valence-corrected chi connectivity index (χ0v) is 19.6. The van der Waals surface area contributed by atoms with Gasteiger partial charge in [-0.3, -0.25) is 9.78 Å². The molecule has 4 heterocycles. The Hall–Kier alpha value is -2.89. The number of methoxy groups -OCH3 is 1. The maximum Gasteiger partial charge on any atom is 0.236 e. The third kappa shape index (κ3) is 5.11. The molecule has 0 radical (unpaired) electrons. The number of rotatable bonds is 7. The van der Waals surface area contributed by atoms with Crippen LogP contribution in [0.15, 0.2) is 29.6 Å². The Kier molecular flexibility index (Phi) is 6.84. The van der Waals surface area contributed by atoms with Crippen LogP contribution in [0.3, 0.4) is 0 Å². The van der Waals surface area contributed by atoms with Gasteiger partial charge in [0.05, 0.1) is 36.5 Å². The number of hydrogen-bond donors (Lipinski definition) is 3. The van der Waals surface area contributed by atoms with Gasteiger partial charge in [-0.2, -0.15) is 0 Å². The Labute approximate surface area is 200 Å². The van der Waals surface area contributed by atoms with E-state index in [1.165, 1.54) is 18.0 Å². The minimum absolute atomic E-state index is 0.0442. The summed E-state index contributed by atoms with van der Waals surface area (Å²) in [5.74, 6) is 0.966. The van der Waals surface area contributed by atoms with E-state index in [2.05, 4.69) is 35.9 Å². The van der Waals surface area contributed by atoms with Crippen molar-refractivity contribution in [3.05, 3.63) is 41.6 Å². The molecule has 3 aromatic rings. The van der Waals surface area contributed by atoms with Crippen molar-refractivity contribution >= 4 is 34.5 Å². The molecule has 1 aliphatic heterocycles. The van der Waals surface area contributed by atoms with Crippen molar-refractivity contribution in [3.63, 3.8) is 0 Å². The first kappa shape index (κ1) is 22.9. The normalized spacial score (nSPS) is 20.1. The van der Waals surface area contributed by atoms with Gasteiger partial charge in [-0.1, -0.05) is 11.8 Å². The summed E-state index contributed by atoms with van der Waals surface area (Å²) in [5, 5.41) is 10.6. The van der Waals surface area contributed by atoms with Crippen molar-refractivity contribution in [1.29, 1.82) is 0 Å². The first-order valence-corrected chi connectivity index (χ1v) is 12.3. The second kappa shape index (κ2) is 10.2. The molecule has 11 heteroatoms. The monoisotopic (exact) mass is 483 g/mol. The van der Waals surface area contributed by atoms with Gasteiger partial charge in [-0.05, 0) is 31.7 Å². The summed E-state index contributed by atoms with van der Waals surface area (Å²) in [5.41, 5.74) is 2.50. The van der Waals surface area contributed by atoms with Crippen molar-refractivity contribution in [3.8, 4) is 5.88 Å². The molecule has 0 spiro atoms. The molecule has 34 heavy (non-hydrogen) atoms.